The Morgan fingerprint density at radius 3 is 2.64 bits per heavy atom. The fourth-order valence-corrected chi connectivity index (χ4v) is 4.52. The Morgan fingerprint density at radius 2 is 1.92 bits per heavy atom. The minimum Gasteiger partial charge on any atom is -0.482 e. The van der Waals surface area contributed by atoms with Crippen LogP contribution in [-0.4, -0.2) is 54.5 Å². The normalized spacial score (nSPS) is 24.3. The highest BCUT2D eigenvalue weighted by atomic mass is 35.5. The maximum atomic E-state index is 12.7. The lowest BCUT2D eigenvalue weighted by Crippen LogP contribution is -2.53. The first-order chi connectivity index (χ1) is 12.1. The minimum atomic E-state index is 0.00106. The highest BCUT2D eigenvalue weighted by molar-refractivity contribution is 6.35. The molecule has 2 fully saturated rings. The number of likely N-dealkylation sites (N-methyl/N-ethyl adjacent to an activating group) is 1. The molecule has 1 saturated heterocycles. The van der Waals surface area contributed by atoms with Gasteiger partial charge in [0.15, 0.2) is 6.61 Å². The van der Waals surface area contributed by atoms with Crippen molar-refractivity contribution in [2.75, 3.05) is 26.7 Å². The third-order valence-electron chi connectivity index (χ3n) is 5.44. The fraction of sp³-hybridized carbons (Fsp3) is 0.632. The van der Waals surface area contributed by atoms with E-state index in [0.717, 1.165) is 6.42 Å². The van der Waals surface area contributed by atoms with E-state index >= 15 is 0 Å². The van der Waals surface area contributed by atoms with E-state index in [4.69, 9.17) is 27.9 Å². The number of halogens is 2. The third kappa shape index (κ3) is 4.60. The Morgan fingerprint density at radius 1 is 1.20 bits per heavy atom. The van der Waals surface area contributed by atoms with Gasteiger partial charge >= 0.3 is 0 Å². The quantitative estimate of drug-likeness (QED) is 0.760. The van der Waals surface area contributed by atoms with Gasteiger partial charge in [-0.2, -0.15) is 0 Å². The summed E-state index contributed by atoms with van der Waals surface area (Å²) in [5.41, 5.74) is 0. The molecular formula is C19H26Cl2N2O2. The van der Waals surface area contributed by atoms with E-state index in [2.05, 4.69) is 4.90 Å². The Kier molecular flexibility index (Phi) is 6.48. The van der Waals surface area contributed by atoms with Gasteiger partial charge in [0.1, 0.15) is 5.75 Å². The van der Waals surface area contributed by atoms with Gasteiger partial charge in [-0.3, -0.25) is 9.69 Å². The van der Waals surface area contributed by atoms with E-state index in [1.54, 1.807) is 18.2 Å². The zero-order valence-corrected chi connectivity index (χ0v) is 16.2. The van der Waals surface area contributed by atoms with Crippen LogP contribution in [0.3, 0.4) is 0 Å². The molecule has 3 rings (SSSR count). The monoisotopic (exact) mass is 384 g/mol. The van der Waals surface area contributed by atoms with E-state index in [-0.39, 0.29) is 18.6 Å². The molecule has 0 radical (unpaired) electrons. The summed E-state index contributed by atoms with van der Waals surface area (Å²) in [4.78, 5) is 17.1. The van der Waals surface area contributed by atoms with Gasteiger partial charge in [-0.05, 0) is 57.0 Å². The Hall–Kier alpha value is -0.970. The molecule has 1 aliphatic carbocycles. The van der Waals surface area contributed by atoms with Crippen molar-refractivity contribution >= 4 is 29.1 Å². The standard InChI is InChI=1S/C19H26Cl2N2O2/c1-22(16-6-2-3-7-17(16)23-10-4-5-11-23)19(24)13-25-18-9-8-14(20)12-15(18)21/h8-9,12,16-17H,2-7,10-11,13H2,1H3. The summed E-state index contributed by atoms with van der Waals surface area (Å²) in [7, 11) is 1.91. The van der Waals surface area contributed by atoms with Crippen LogP contribution in [0.4, 0.5) is 0 Å². The number of carbonyl (C=O) groups excluding carboxylic acids is 1. The summed E-state index contributed by atoms with van der Waals surface area (Å²) < 4.78 is 5.63. The van der Waals surface area contributed by atoms with E-state index < -0.39 is 0 Å². The number of hydrogen-bond acceptors (Lipinski definition) is 3. The van der Waals surface area contributed by atoms with Crippen molar-refractivity contribution < 1.29 is 9.53 Å². The number of amides is 1. The van der Waals surface area contributed by atoms with Crippen LogP contribution in [0.2, 0.25) is 10.0 Å². The molecule has 0 spiro atoms. The van der Waals surface area contributed by atoms with E-state index in [0.29, 0.717) is 21.8 Å². The molecule has 0 bridgehead atoms. The molecule has 0 N–H and O–H groups in total. The van der Waals surface area contributed by atoms with E-state index in [1.165, 1.54) is 45.2 Å². The molecule has 0 aromatic heterocycles. The molecule has 1 heterocycles. The van der Waals surface area contributed by atoms with Crippen LogP contribution < -0.4 is 4.74 Å². The zero-order valence-electron chi connectivity index (χ0n) is 14.7. The molecule has 6 heteroatoms. The molecule has 1 aromatic carbocycles. The number of hydrogen-bond donors (Lipinski definition) is 0. The number of benzene rings is 1. The zero-order chi connectivity index (χ0) is 17.8. The van der Waals surface area contributed by atoms with Crippen LogP contribution in [-0.2, 0) is 4.79 Å². The van der Waals surface area contributed by atoms with Crippen LogP contribution in [0, 0.1) is 0 Å². The summed E-state index contributed by atoms with van der Waals surface area (Å²) in [6.07, 6.45) is 7.27. The number of rotatable bonds is 5. The summed E-state index contributed by atoms with van der Waals surface area (Å²) in [6, 6.07) is 5.80. The topological polar surface area (TPSA) is 32.8 Å². The van der Waals surface area contributed by atoms with Crippen LogP contribution in [0.5, 0.6) is 5.75 Å². The van der Waals surface area contributed by atoms with Crippen molar-refractivity contribution in [2.45, 2.75) is 50.6 Å². The molecule has 1 saturated carbocycles. The van der Waals surface area contributed by atoms with Gasteiger partial charge in [-0.1, -0.05) is 36.0 Å². The third-order valence-corrected chi connectivity index (χ3v) is 5.97. The Labute approximate surface area is 160 Å². The lowest BCUT2D eigenvalue weighted by molar-refractivity contribution is -0.136. The summed E-state index contributed by atoms with van der Waals surface area (Å²) in [5, 5.41) is 0.979. The van der Waals surface area contributed by atoms with Gasteiger partial charge in [0.05, 0.1) is 5.02 Å². The second-order valence-corrected chi connectivity index (χ2v) is 7.87. The highest BCUT2D eigenvalue weighted by Crippen LogP contribution is 2.30. The van der Waals surface area contributed by atoms with Gasteiger partial charge in [0.25, 0.3) is 5.91 Å². The lowest BCUT2D eigenvalue weighted by atomic mass is 9.88. The first-order valence-electron chi connectivity index (χ1n) is 9.14. The SMILES string of the molecule is CN(C(=O)COc1ccc(Cl)cc1Cl)C1CCCCC1N1CCCC1. The molecule has 1 aliphatic heterocycles. The van der Waals surface area contributed by atoms with E-state index in [1.807, 2.05) is 11.9 Å². The largest absolute Gasteiger partial charge is 0.482 e. The second-order valence-electron chi connectivity index (χ2n) is 7.03. The first-order valence-corrected chi connectivity index (χ1v) is 9.89. The predicted molar refractivity (Wildman–Crippen MR) is 102 cm³/mol. The maximum absolute atomic E-state index is 12.7. The van der Waals surface area contributed by atoms with Crippen LogP contribution in [0.25, 0.3) is 0 Å². The molecule has 2 unspecified atom stereocenters. The van der Waals surface area contributed by atoms with Crippen molar-refractivity contribution in [3.8, 4) is 5.75 Å². The van der Waals surface area contributed by atoms with Crippen molar-refractivity contribution in [3.05, 3.63) is 28.2 Å². The number of nitrogens with zero attached hydrogens (tertiary/aromatic N) is 2. The van der Waals surface area contributed by atoms with Crippen LogP contribution in [0.15, 0.2) is 18.2 Å². The number of carbonyl (C=O) groups is 1. The Bertz CT molecular complexity index is 605. The second kappa shape index (κ2) is 8.61. The Balaban J connectivity index is 1.60. The molecular weight excluding hydrogens is 359 g/mol. The van der Waals surface area contributed by atoms with E-state index in [9.17, 15) is 4.79 Å². The maximum Gasteiger partial charge on any atom is 0.260 e. The smallest absolute Gasteiger partial charge is 0.260 e. The molecule has 1 amide bonds. The predicted octanol–water partition coefficient (Wildman–Crippen LogP) is 4.24. The lowest BCUT2D eigenvalue weighted by Gasteiger charge is -2.42. The van der Waals surface area contributed by atoms with Gasteiger partial charge in [0.2, 0.25) is 0 Å². The van der Waals surface area contributed by atoms with Gasteiger partial charge in [-0.25, -0.2) is 0 Å². The highest BCUT2D eigenvalue weighted by Gasteiger charge is 2.35. The minimum absolute atomic E-state index is 0.00106. The molecule has 2 aliphatic rings. The molecule has 4 nitrogen and oxygen atoms in total. The summed E-state index contributed by atoms with van der Waals surface area (Å²) in [5.74, 6) is 0.495. The molecule has 138 valence electrons. The fourth-order valence-electron chi connectivity index (χ4n) is 4.06. The summed E-state index contributed by atoms with van der Waals surface area (Å²) >= 11 is 12.0. The number of likely N-dealkylation sites (tertiary alicyclic amines) is 1. The van der Waals surface area contributed by atoms with Gasteiger partial charge in [-0.15, -0.1) is 0 Å². The average Bonchev–Trinajstić information content (AvgIpc) is 3.14. The van der Waals surface area contributed by atoms with Crippen LogP contribution >= 0.6 is 23.2 Å². The van der Waals surface area contributed by atoms with Crippen molar-refractivity contribution in [1.82, 2.24) is 9.80 Å². The van der Waals surface area contributed by atoms with Crippen LogP contribution in [0.1, 0.15) is 38.5 Å². The van der Waals surface area contributed by atoms with Crippen molar-refractivity contribution in [1.29, 1.82) is 0 Å². The molecule has 1 aromatic rings. The number of ether oxygens (including phenoxy) is 1. The van der Waals surface area contributed by atoms with Gasteiger partial charge < -0.3 is 9.64 Å². The average molecular weight is 385 g/mol. The van der Waals surface area contributed by atoms with Crippen molar-refractivity contribution in [3.63, 3.8) is 0 Å². The van der Waals surface area contributed by atoms with Crippen molar-refractivity contribution in [2.24, 2.45) is 0 Å². The van der Waals surface area contributed by atoms with Gasteiger partial charge in [0, 0.05) is 24.2 Å². The molecule has 25 heavy (non-hydrogen) atoms. The first kappa shape index (κ1) is 18.8. The summed E-state index contributed by atoms with van der Waals surface area (Å²) in [6.45, 7) is 2.33. The molecule has 2 atom stereocenters.